The number of carbonyl (C=O) groups is 1. The second kappa shape index (κ2) is 7.20. The Morgan fingerprint density at radius 1 is 1.23 bits per heavy atom. The van der Waals surface area contributed by atoms with E-state index in [9.17, 15) is 13.2 Å². The maximum Gasteiger partial charge on any atom is 0.338 e. The number of benzene rings is 1. The number of aromatic nitrogens is 1. The van der Waals surface area contributed by atoms with E-state index in [1.165, 1.54) is 12.1 Å². The first-order chi connectivity index (χ1) is 11.9. The maximum absolute atomic E-state index is 12.5. The smallest absolute Gasteiger partial charge is 0.338 e. The van der Waals surface area contributed by atoms with Crippen molar-refractivity contribution in [1.29, 1.82) is 0 Å². The summed E-state index contributed by atoms with van der Waals surface area (Å²) in [6.07, 6.45) is 0. The molecule has 1 aromatic carbocycles. The van der Waals surface area contributed by atoms with E-state index in [0.717, 1.165) is 0 Å². The molecule has 0 amide bonds. The predicted molar refractivity (Wildman–Crippen MR) is 96.4 cm³/mol. The maximum atomic E-state index is 12.5. The first-order valence-corrected chi connectivity index (χ1v) is 9.62. The van der Waals surface area contributed by atoms with Crippen molar-refractivity contribution < 1.29 is 22.5 Å². The molecule has 0 atom stereocenters. The molecular formula is C18H24N2O5S. The van der Waals surface area contributed by atoms with Crippen molar-refractivity contribution in [1.82, 2.24) is 9.88 Å². The van der Waals surface area contributed by atoms with E-state index in [0.29, 0.717) is 22.6 Å². The molecule has 0 spiro atoms. The summed E-state index contributed by atoms with van der Waals surface area (Å²) in [5.41, 5.74) is 1.55. The van der Waals surface area contributed by atoms with Crippen molar-refractivity contribution in [3.63, 3.8) is 0 Å². The Morgan fingerprint density at radius 2 is 1.88 bits per heavy atom. The highest BCUT2D eigenvalue weighted by atomic mass is 32.2. The molecule has 26 heavy (non-hydrogen) atoms. The predicted octanol–water partition coefficient (Wildman–Crippen LogP) is 3.03. The van der Waals surface area contributed by atoms with Crippen LogP contribution in [0.2, 0.25) is 0 Å². The van der Waals surface area contributed by atoms with Gasteiger partial charge in [0.1, 0.15) is 12.4 Å². The third-order valence-electron chi connectivity index (χ3n) is 3.71. The zero-order chi connectivity index (χ0) is 19.7. The molecule has 1 N–H and O–H groups in total. The Morgan fingerprint density at radius 3 is 2.42 bits per heavy atom. The van der Waals surface area contributed by atoms with Crippen LogP contribution in [0, 0.1) is 20.8 Å². The number of esters is 1. The Bertz CT molecular complexity index is 904. The van der Waals surface area contributed by atoms with Gasteiger partial charge in [-0.25, -0.2) is 17.9 Å². The van der Waals surface area contributed by atoms with Gasteiger partial charge in [-0.15, -0.1) is 0 Å². The number of rotatable bonds is 5. The molecule has 7 nitrogen and oxygen atoms in total. The lowest BCUT2D eigenvalue weighted by atomic mass is 10.1. The van der Waals surface area contributed by atoms with Gasteiger partial charge in [-0.2, -0.15) is 0 Å². The van der Waals surface area contributed by atoms with Crippen LogP contribution >= 0.6 is 0 Å². The molecule has 8 heteroatoms. The Balaban J connectivity index is 2.25. The fourth-order valence-electron chi connectivity index (χ4n) is 2.37. The van der Waals surface area contributed by atoms with Gasteiger partial charge in [-0.3, -0.25) is 0 Å². The molecule has 1 aromatic heterocycles. The van der Waals surface area contributed by atoms with Gasteiger partial charge in [0, 0.05) is 5.54 Å². The molecule has 0 aliphatic heterocycles. The molecule has 2 aromatic rings. The molecule has 0 fully saturated rings. The third-order valence-corrected chi connectivity index (χ3v) is 5.46. The second-order valence-corrected chi connectivity index (χ2v) is 8.89. The van der Waals surface area contributed by atoms with Gasteiger partial charge < -0.3 is 9.26 Å². The molecule has 0 aliphatic carbocycles. The van der Waals surface area contributed by atoms with E-state index in [2.05, 4.69) is 9.88 Å². The van der Waals surface area contributed by atoms with Gasteiger partial charge in [-0.1, -0.05) is 11.2 Å². The largest absolute Gasteiger partial charge is 0.457 e. The number of hydrogen-bond donors (Lipinski definition) is 1. The molecule has 1 heterocycles. The summed E-state index contributed by atoms with van der Waals surface area (Å²) in [7, 11) is -3.75. The lowest BCUT2D eigenvalue weighted by molar-refractivity contribution is 0.0469. The quantitative estimate of drug-likeness (QED) is 0.801. The van der Waals surface area contributed by atoms with Crippen LogP contribution < -0.4 is 4.72 Å². The van der Waals surface area contributed by atoms with Gasteiger partial charge >= 0.3 is 5.97 Å². The molecule has 2 rings (SSSR count). The number of hydrogen-bond acceptors (Lipinski definition) is 6. The third kappa shape index (κ3) is 4.70. The van der Waals surface area contributed by atoms with Crippen LogP contribution in [-0.2, 0) is 21.4 Å². The van der Waals surface area contributed by atoms with Crippen molar-refractivity contribution in [2.24, 2.45) is 0 Å². The van der Waals surface area contributed by atoms with E-state index in [4.69, 9.17) is 9.26 Å². The van der Waals surface area contributed by atoms with Crippen LogP contribution in [0.25, 0.3) is 0 Å². The van der Waals surface area contributed by atoms with Crippen LogP contribution in [0.4, 0.5) is 0 Å². The second-order valence-electron chi connectivity index (χ2n) is 7.21. The number of nitrogens with zero attached hydrogens (tertiary/aromatic N) is 1. The van der Waals surface area contributed by atoms with E-state index < -0.39 is 21.5 Å². The zero-order valence-corrected chi connectivity index (χ0v) is 16.7. The van der Waals surface area contributed by atoms with Gasteiger partial charge in [-0.05, 0) is 59.2 Å². The Labute approximate surface area is 153 Å². The molecule has 142 valence electrons. The van der Waals surface area contributed by atoms with Gasteiger partial charge in [0.05, 0.1) is 21.7 Å². The van der Waals surface area contributed by atoms with E-state index >= 15 is 0 Å². The molecular weight excluding hydrogens is 356 g/mol. The Hall–Kier alpha value is -2.19. The van der Waals surface area contributed by atoms with Crippen molar-refractivity contribution in [2.45, 2.75) is 58.6 Å². The number of ether oxygens (including phenoxy) is 1. The van der Waals surface area contributed by atoms with Gasteiger partial charge in [0.15, 0.2) is 0 Å². The SMILES string of the molecule is Cc1ccc(S(=O)(=O)NC(C)(C)C)cc1C(=O)OCc1c(C)noc1C. The molecule has 0 radical (unpaired) electrons. The number of carbonyl (C=O) groups excluding carboxylic acids is 1. The minimum atomic E-state index is -3.75. The van der Waals surface area contributed by atoms with Crippen LogP contribution in [0.3, 0.4) is 0 Å². The highest BCUT2D eigenvalue weighted by molar-refractivity contribution is 7.89. The molecule has 0 bridgehead atoms. The van der Waals surface area contributed by atoms with Crippen molar-refractivity contribution in [2.75, 3.05) is 0 Å². The summed E-state index contributed by atoms with van der Waals surface area (Å²) in [5, 5.41) is 3.81. The minimum absolute atomic E-state index is 0.0106. The first-order valence-electron chi connectivity index (χ1n) is 8.14. The molecule has 0 saturated carbocycles. The summed E-state index contributed by atoms with van der Waals surface area (Å²) < 4.78 is 37.9. The minimum Gasteiger partial charge on any atom is -0.457 e. The highest BCUT2D eigenvalue weighted by Crippen LogP contribution is 2.20. The molecule has 0 saturated heterocycles. The first kappa shape index (κ1) is 20.1. The van der Waals surface area contributed by atoms with Crippen LogP contribution in [0.15, 0.2) is 27.6 Å². The standard InChI is InChI=1S/C18H24N2O5S/c1-11-7-8-14(26(22,23)20-18(4,5)6)9-15(11)17(21)24-10-16-12(2)19-25-13(16)3/h7-9,20H,10H2,1-6H3. The number of sulfonamides is 1. The van der Waals surface area contributed by atoms with Gasteiger partial charge in [0.2, 0.25) is 10.0 Å². The van der Waals surface area contributed by atoms with Crippen molar-refractivity contribution in [3.8, 4) is 0 Å². The lowest BCUT2D eigenvalue weighted by Crippen LogP contribution is -2.40. The number of nitrogens with one attached hydrogen (secondary N) is 1. The number of aryl methyl sites for hydroxylation is 3. The monoisotopic (exact) mass is 380 g/mol. The average molecular weight is 380 g/mol. The normalized spacial score (nSPS) is 12.2. The van der Waals surface area contributed by atoms with Gasteiger partial charge in [0.25, 0.3) is 0 Å². The zero-order valence-electron chi connectivity index (χ0n) is 15.8. The van der Waals surface area contributed by atoms with Crippen molar-refractivity contribution in [3.05, 3.63) is 46.3 Å². The lowest BCUT2D eigenvalue weighted by Gasteiger charge is -2.20. The molecule has 0 unspecified atom stereocenters. The fourth-order valence-corrected chi connectivity index (χ4v) is 3.82. The van der Waals surface area contributed by atoms with E-state index in [1.54, 1.807) is 47.6 Å². The summed E-state index contributed by atoms with van der Waals surface area (Å²) in [4.78, 5) is 12.5. The van der Waals surface area contributed by atoms with E-state index in [-0.39, 0.29) is 17.1 Å². The van der Waals surface area contributed by atoms with Crippen LogP contribution in [0.1, 0.15) is 53.7 Å². The Kier molecular flexibility index (Phi) is 5.58. The van der Waals surface area contributed by atoms with E-state index in [1.807, 2.05) is 0 Å². The van der Waals surface area contributed by atoms with Crippen LogP contribution in [0.5, 0.6) is 0 Å². The van der Waals surface area contributed by atoms with Crippen LogP contribution in [-0.4, -0.2) is 25.1 Å². The van der Waals surface area contributed by atoms with Crippen molar-refractivity contribution >= 4 is 16.0 Å². The summed E-state index contributed by atoms with van der Waals surface area (Å²) in [6.45, 7) is 10.5. The topological polar surface area (TPSA) is 98.5 Å². The summed E-state index contributed by atoms with van der Waals surface area (Å²) in [6, 6.07) is 4.39. The average Bonchev–Trinajstić information content (AvgIpc) is 2.81. The summed E-state index contributed by atoms with van der Waals surface area (Å²) in [5.74, 6) is -0.0203. The highest BCUT2D eigenvalue weighted by Gasteiger charge is 2.24. The summed E-state index contributed by atoms with van der Waals surface area (Å²) >= 11 is 0. The molecule has 0 aliphatic rings. The fraction of sp³-hybridized carbons (Fsp3) is 0.444.